The van der Waals surface area contributed by atoms with E-state index in [9.17, 15) is 9.59 Å². The zero-order valence-electron chi connectivity index (χ0n) is 15.3. The maximum absolute atomic E-state index is 12.2. The number of rotatable bonds is 7. The predicted molar refractivity (Wildman–Crippen MR) is 112 cm³/mol. The molecule has 0 unspecified atom stereocenters. The van der Waals surface area contributed by atoms with Crippen molar-refractivity contribution in [2.75, 3.05) is 13.1 Å². The minimum atomic E-state index is -0.271. The van der Waals surface area contributed by atoms with E-state index in [-0.39, 0.29) is 18.4 Å². The quantitative estimate of drug-likeness (QED) is 0.636. The van der Waals surface area contributed by atoms with Crippen molar-refractivity contribution in [3.05, 3.63) is 95.0 Å². The number of benzene rings is 3. The standard InChI is InChI=1S/C23H21ClN2O2/c24-21-12-6-17(7-13-21)14-15-25-22(27)16-26-23(28)20-10-8-19(9-11-20)18-4-2-1-3-5-18/h1-13H,14-16H2,(H,25,27)(H,26,28). The van der Waals surface area contributed by atoms with Gasteiger partial charge in [0.05, 0.1) is 6.54 Å². The van der Waals surface area contributed by atoms with Crippen molar-refractivity contribution in [2.24, 2.45) is 0 Å². The van der Waals surface area contributed by atoms with Crippen LogP contribution in [0, 0.1) is 0 Å². The Bertz CT molecular complexity index is 923. The summed E-state index contributed by atoms with van der Waals surface area (Å²) in [6.45, 7) is 0.446. The summed E-state index contributed by atoms with van der Waals surface area (Å²) in [5, 5.41) is 6.13. The van der Waals surface area contributed by atoms with E-state index in [4.69, 9.17) is 11.6 Å². The molecule has 0 radical (unpaired) electrons. The average molecular weight is 393 g/mol. The van der Waals surface area contributed by atoms with Crippen LogP contribution >= 0.6 is 11.6 Å². The fraction of sp³-hybridized carbons (Fsp3) is 0.130. The Balaban J connectivity index is 1.43. The molecule has 0 bridgehead atoms. The van der Waals surface area contributed by atoms with E-state index < -0.39 is 0 Å². The first-order valence-electron chi connectivity index (χ1n) is 9.06. The molecule has 2 amide bonds. The average Bonchev–Trinajstić information content (AvgIpc) is 2.74. The van der Waals surface area contributed by atoms with Gasteiger partial charge in [0.2, 0.25) is 5.91 Å². The first kappa shape index (κ1) is 19.6. The summed E-state index contributed by atoms with van der Waals surface area (Å²) in [5.74, 6) is -0.490. The predicted octanol–water partition coefficient (Wildman–Crippen LogP) is 4.10. The second kappa shape index (κ2) is 9.72. The molecule has 5 heteroatoms. The molecule has 0 saturated carbocycles. The van der Waals surface area contributed by atoms with Crippen molar-refractivity contribution in [3.8, 4) is 11.1 Å². The van der Waals surface area contributed by atoms with E-state index in [1.54, 1.807) is 12.1 Å². The summed E-state index contributed by atoms with van der Waals surface area (Å²) in [7, 11) is 0. The first-order chi connectivity index (χ1) is 13.6. The maximum Gasteiger partial charge on any atom is 0.251 e. The van der Waals surface area contributed by atoms with Crippen molar-refractivity contribution in [1.82, 2.24) is 10.6 Å². The number of hydrogen-bond donors (Lipinski definition) is 2. The third kappa shape index (κ3) is 5.69. The third-order valence-electron chi connectivity index (χ3n) is 4.31. The van der Waals surface area contributed by atoms with Gasteiger partial charge in [0.1, 0.15) is 0 Å². The van der Waals surface area contributed by atoms with Crippen LogP contribution in [-0.4, -0.2) is 24.9 Å². The van der Waals surface area contributed by atoms with E-state index in [0.717, 1.165) is 16.7 Å². The summed E-state index contributed by atoms with van der Waals surface area (Å²) in [5.41, 5.74) is 3.74. The Hall–Kier alpha value is -3.11. The number of halogens is 1. The summed E-state index contributed by atoms with van der Waals surface area (Å²) in [6.07, 6.45) is 0.706. The second-order valence-electron chi connectivity index (χ2n) is 6.35. The van der Waals surface area contributed by atoms with Gasteiger partial charge in [-0.2, -0.15) is 0 Å². The van der Waals surface area contributed by atoms with Gasteiger partial charge in [-0.15, -0.1) is 0 Å². The minimum Gasteiger partial charge on any atom is -0.354 e. The molecule has 3 aromatic carbocycles. The van der Waals surface area contributed by atoms with Crippen LogP contribution in [0.5, 0.6) is 0 Å². The second-order valence-corrected chi connectivity index (χ2v) is 6.79. The molecule has 0 aliphatic heterocycles. The lowest BCUT2D eigenvalue weighted by Gasteiger charge is -2.08. The van der Waals surface area contributed by atoms with Crippen LogP contribution in [-0.2, 0) is 11.2 Å². The van der Waals surface area contributed by atoms with E-state index in [0.29, 0.717) is 23.6 Å². The van der Waals surface area contributed by atoms with Gasteiger partial charge in [-0.05, 0) is 47.4 Å². The van der Waals surface area contributed by atoms with Crippen molar-refractivity contribution >= 4 is 23.4 Å². The Labute approximate surface area is 169 Å². The summed E-state index contributed by atoms with van der Waals surface area (Å²) in [4.78, 5) is 24.1. The molecule has 2 N–H and O–H groups in total. The van der Waals surface area contributed by atoms with Crippen LogP contribution in [0.25, 0.3) is 11.1 Å². The van der Waals surface area contributed by atoms with Gasteiger partial charge in [0.25, 0.3) is 5.91 Å². The molecule has 142 valence electrons. The summed E-state index contributed by atoms with van der Waals surface area (Å²) < 4.78 is 0. The highest BCUT2D eigenvalue weighted by molar-refractivity contribution is 6.30. The van der Waals surface area contributed by atoms with Crippen molar-refractivity contribution in [2.45, 2.75) is 6.42 Å². The number of amides is 2. The molecule has 0 atom stereocenters. The number of carbonyl (C=O) groups is 2. The fourth-order valence-electron chi connectivity index (χ4n) is 2.77. The molecule has 0 spiro atoms. The lowest BCUT2D eigenvalue weighted by Crippen LogP contribution is -2.37. The molecular weight excluding hydrogens is 372 g/mol. The summed E-state index contributed by atoms with van der Waals surface area (Å²) >= 11 is 5.85. The normalized spacial score (nSPS) is 10.3. The van der Waals surface area contributed by atoms with Crippen molar-refractivity contribution in [3.63, 3.8) is 0 Å². The molecule has 0 aliphatic rings. The van der Waals surface area contributed by atoms with Gasteiger partial charge in [-0.1, -0.05) is 66.2 Å². The van der Waals surface area contributed by atoms with Gasteiger partial charge >= 0.3 is 0 Å². The lowest BCUT2D eigenvalue weighted by atomic mass is 10.0. The maximum atomic E-state index is 12.2. The molecule has 0 aliphatic carbocycles. The molecule has 3 aromatic rings. The third-order valence-corrected chi connectivity index (χ3v) is 4.56. The number of nitrogens with one attached hydrogen (secondary N) is 2. The first-order valence-corrected chi connectivity index (χ1v) is 9.44. The largest absolute Gasteiger partial charge is 0.354 e. The molecule has 0 saturated heterocycles. The molecule has 0 aromatic heterocycles. The monoisotopic (exact) mass is 392 g/mol. The SMILES string of the molecule is O=C(CNC(=O)c1ccc(-c2ccccc2)cc1)NCCc1ccc(Cl)cc1. The molecular formula is C23H21ClN2O2. The van der Waals surface area contributed by atoms with Crippen LogP contribution in [0.15, 0.2) is 78.9 Å². The van der Waals surface area contributed by atoms with Gasteiger partial charge in [0.15, 0.2) is 0 Å². The minimum absolute atomic E-state index is 0.0557. The zero-order valence-corrected chi connectivity index (χ0v) is 16.1. The van der Waals surface area contributed by atoms with Gasteiger partial charge < -0.3 is 10.6 Å². The van der Waals surface area contributed by atoms with Gasteiger partial charge in [-0.25, -0.2) is 0 Å². The molecule has 0 fully saturated rings. The lowest BCUT2D eigenvalue weighted by molar-refractivity contribution is -0.120. The van der Waals surface area contributed by atoms with Crippen LogP contribution < -0.4 is 10.6 Å². The van der Waals surface area contributed by atoms with Gasteiger partial charge in [0, 0.05) is 17.1 Å². The smallest absolute Gasteiger partial charge is 0.251 e. The van der Waals surface area contributed by atoms with Crippen LogP contribution in [0.3, 0.4) is 0 Å². The van der Waals surface area contributed by atoms with Crippen molar-refractivity contribution < 1.29 is 9.59 Å². The number of carbonyl (C=O) groups excluding carboxylic acids is 2. The van der Waals surface area contributed by atoms with Crippen LogP contribution in [0.2, 0.25) is 5.02 Å². The fourth-order valence-corrected chi connectivity index (χ4v) is 2.89. The Morgan fingerprint density at radius 2 is 1.39 bits per heavy atom. The molecule has 28 heavy (non-hydrogen) atoms. The molecule has 3 rings (SSSR count). The van der Waals surface area contributed by atoms with E-state index in [1.165, 1.54) is 0 Å². The zero-order chi connectivity index (χ0) is 19.8. The topological polar surface area (TPSA) is 58.2 Å². The highest BCUT2D eigenvalue weighted by Crippen LogP contribution is 2.19. The highest BCUT2D eigenvalue weighted by atomic mass is 35.5. The van der Waals surface area contributed by atoms with E-state index >= 15 is 0 Å². The van der Waals surface area contributed by atoms with Crippen LogP contribution in [0.1, 0.15) is 15.9 Å². The van der Waals surface area contributed by atoms with E-state index in [1.807, 2.05) is 66.7 Å². The van der Waals surface area contributed by atoms with Crippen LogP contribution in [0.4, 0.5) is 0 Å². The van der Waals surface area contributed by atoms with Gasteiger partial charge in [-0.3, -0.25) is 9.59 Å². The summed E-state index contributed by atoms with van der Waals surface area (Å²) in [6, 6.07) is 24.8. The molecule has 4 nitrogen and oxygen atoms in total. The van der Waals surface area contributed by atoms with Crippen molar-refractivity contribution in [1.29, 1.82) is 0 Å². The Morgan fingerprint density at radius 3 is 2.07 bits per heavy atom. The van der Waals surface area contributed by atoms with E-state index in [2.05, 4.69) is 10.6 Å². The molecule has 0 heterocycles. The number of hydrogen-bond acceptors (Lipinski definition) is 2. The highest BCUT2D eigenvalue weighted by Gasteiger charge is 2.08. The Kier molecular flexibility index (Phi) is 6.82. The Morgan fingerprint density at radius 1 is 0.750 bits per heavy atom.